The third-order valence-electron chi connectivity index (χ3n) is 1.99. The molecular formula is C13H16FNS. The van der Waals surface area contributed by atoms with E-state index in [9.17, 15) is 4.39 Å². The van der Waals surface area contributed by atoms with Crippen molar-refractivity contribution < 1.29 is 4.39 Å². The number of thioether (sulfide) groups is 1. The molecule has 1 aromatic rings. The van der Waals surface area contributed by atoms with Gasteiger partial charge >= 0.3 is 0 Å². The number of halogens is 1. The molecule has 2 N–H and O–H groups in total. The summed E-state index contributed by atoms with van der Waals surface area (Å²) in [5.41, 5.74) is 6.69. The Morgan fingerprint density at radius 1 is 1.44 bits per heavy atom. The Hall–Kier alpha value is -0.980. The van der Waals surface area contributed by atoms with Crippen LogP contribution in [0.1, 0.15) is 24.5 Å². The first-order valence-electron chi connectivity index (χ1n) is 5.33. The standard InChI is InChI=1S/C13H16FNS/c1-2-8-16-10-12-6-5-11(4-3-7-15)9-13(12)14/h5-6,9H,2,7-8,10,15H2,1H3. The molecule has 0 bridgehead atoms. The second-order valence-corrected chi connectivity index (χ2v) is 4.47. The second-order valence-electron chi connectivity index (χ2n) is 3.36. The minimum atomic E-state index is -0.174. The van der Waals surface area contributed by atoms with Crippen LogP contribution in [0.4, 0.5) is 4.39 Å². The lowest BCUT2D eigenvalue weighted by Crippen LogP contribution is -1.94. The number of nitrogens with two attached hydrogens (primary N) is 1. The van der Waals surface area contributed by atoms with E-state index in [0.717, 1.165) is 23.5 Å². The number of benzene rings is 1. The van der Waals surface area contributed by atoms with Crippen LogP contribution in [0.2, 0.25) is 0 Å². The predicted octanol–water partition coefficient (Wildman–Crippen LogP) is 2.78. The molecule has 0 spiro atoms. The van der Waals surface area contributed by atoms with Crippen LogP contribution in [0.25, 0.3) is 0 Å². The SMILES string of the molecule is CCCSCc1ccc(C#CCN)cc1F. The monoisotopic (exact) mass is 237 g/mol. The van der Waals surface area contributed by atoms with Gasteiger partial charge in [0.1, 0.15) is 5.82 Å². The molecule has 0 aliphatic rings. The van der Waals surface area contributed by atoms with Crippen LogP contribution in [-0.2, 0) is 5.75 Å². The summed E-state index contributed by atoms with van der Waals surface area (Å²) in [6, 6.07) is 5.12. The maximum Gasteiger partial charge on any atom is 0.128 e. The van der Waals surface area contributed by atoms with Gasteiger partial charge in [-0.3, -0.25) is 0 Å². The maximum absolute atomic E-state index is 13.6. The van der Waals surface area contributed by atoms with Gasteiger partial charge in [-0.05, 0) is 29.9 Å². The van der Waals surface area contributed by atoms with Gasteiger partial charge in [0.15, 0.2) is 0 Å². The van der Waals surface area contributed by atoms with Gasteiger partial charge in [-0.2, -0.15) is 11.8 Å². The van der Waals surface area contributed by atoms with Crippen LogP contribution >= 0.6 is 11.8 Å². The highest BCUT2D eigenvalue weighted by molar-refractivity contribution is 7.98. The van der Waals surface area contributed by atoms with Gasteiger partial charge in [0, 0.05) is 11.3 Å². The number of hydrogen-bond donors (Lipinski definition) is 1. The highest BCUT2D eigenvalue weighted by atomic mass is 32.2. The van der Waals surface area contributed by atoms with Crippen molar-refractivity contribution in [3.8, 4) is 11.8 Å². The summed E-state index contributed by atoms with van der Waals surface area (Å²) in [6.07, 6.45) is 1.12. The van der Waals surface area contributed by atoms with Gasteiger partial charge in [-0.15, -0.1) is 0 Å². The van der Waals surface area contributed by atoms with E-state index in [1.165, 1.54) is 6.07 Å². The fraction of sp³-hybridized carbons (Fsp3) is 0.385. The first kappa shape index (κ1) is 13.1. The lowest BCUT2D eigenvalue weighted by Gasteiger charge is -2.02. The first-order valence-corrected chi connectivity index (χ1v) is 6.48. The Morgan fingerprint density at radius 3 is 2.88 bits per heavy atom. The minimum absolute atomic E-state index is 0.174. The van der Waals surface area contributed by atoms with Gasteiger partial charge in [0.2, 0.25) is 0 Å². The van der Waals surface area contributed by atoms with Gasteiger partial charge < -0.3 is 5.73 Å². The topological polar surface area (TPSA) is 26.0 Å². The molecule has 86 valence electrons. The third kappa shape index (κ3) is 4.26. The van der Waals surface area contributed by atoms with Crippen LogP contribution in [0.3, 0.4) is 0 Å². The van der Waals surface area contributed by atoms with Crippen molar-refractivity contribution in [2.45, 2.75) is 19.1 Å². The Morgan fingerprint density at radius 2 is 2.25 bits per heavy atom. The molecule has 0 fully saturated rings. The van der Waals surface area contributed by atoms with Crippen LogP contribution < -0.4 is 5.73 Å². The molecule has 1 nitrogen and oxygen atoms in total. The van der Waals surface area contributed by atoms with Gasteiger partial charge in [0.05, 0.1) is 6.54 Å². The van der Waals surface area contributed by atoms with E-state index < -0.39 is 0 Å². The zero-order valence-electron chi connectivity index (χ0n) is 9.42. The average Bonchev–Trinajstić information content (AvgIpc) is 2.29. The molecule has 0 aromatic heterocycles. The van der Waals surface area contributed by atoms with E-state index in [1.54, 1.807) is 17.8 Å². The fourth-order valence-corrected chi connectivity index (χ4v) is 2.11. The van der Waals surface area contributed by atoms with E-state index >= 15 is 0 Å². The van der Waals surface area contributed by atoms with Crippen molar-refractivity contribution in [3.05, 3.63) is 35.1 Å². The zero-order chi connectivity index (χ0) is 11.8. The summed E-state index contributed by atoms with van der Waals surface area (Å²) >= 11 is 1.75. The third-order valence-corrected chi connectivity index (χ3v) is 3.21. The van der Waals surface area contributed by atoms with E-state index in [2.05, 4.69) is 18.8 Å². The second kappa shape index (κ2) is 7.32. The summed E-state index contributed by atoms with van der Waals surface area (Å²) in [7, 11) is 0. The molecule has 16 heavy (non-hydrogen) atoms. The Bertz CT molecular complexity index is 393. The zero-order valence-corrected chi connectivity index (χ0v) is 10.2. The van der Waals surface area contributed by atoms with Crippen molar-refractivity contribution in [1.29, 1.82) is 0 Å². The summed E-state index contributed by atoms with van der Waals surface area (Å²) in [5, 5.41) is 0. The van der Waals surface area contributed by atoms with Crippen LogP contribution in [0.5, 0.6) is 0 Å². The molecule has 1 rings (SSSR count). The van der Waals surface area contributed by atoms with Crippen LogP contribution in [0, 0.1) is 17.7 Å². The molecule has 0 saturated carbocycles. The molecule has 0 saturated heterocycles. The van der Waals surface area contributed by atoms with Crippen molar-refractivity contribution in [2.75, 3.05) is 12.3 Å². The highest BCUT2D eigenvalue weighted by Gasteiger charge is 2.02. The van der Waals surface area contributed by atoms with E-state index in [4.69, 9.17) is 5.73 Å². The smallest absolute Gasteiger partial charge is 0.128 e. The van der Waals surface area contributed by atoms with Crippen molar-refractivity contribution in [2.24, 2.45) is 5.73 Å². The van der Waals surface area contributed by atoms with Crippen molar-refractivity contribution >= 4 is 11.8 Å². The van der Waals surface area contributed by atoms with Gasteiger partial charge in [-0.25, -0.2) is 4.39 Å². The molecule has 0 aliphatic heterocycles. The summed E-state index contributed by atoms with van der Waals surface area (Å²) in [4.78, 5) is 0. The van der Waals surface area contributed by atoms with E-state index in [-0.39, 0.29) is 5.82 Å². The summed E-state index contributed by atoms with van der Waals surface area (Å²) < 4.78 is 13.6. The van der Waals surface area contributed by atoms with Gasteiger partial charge in [-0.1, -0.05) is 24.8 Å². The largest absolute Gasteiger partial charge is 0.320 e. The maximum atomic E-state index is 13.6. The molecule has 1 aromatic carbocycles. The molecule has 3 heteroatoms. The quantitative estimate of drug-likeness (QED) is 0.643. The first-order chi connectivity index (χ1) is 7.77. The fourth-order valence-electron chi connectivity index (χ4n) is 1.22. The predicted molar refractivity (Wildman–Crippen MR) is 68.8 cm³/mol. The normalized spacial score (nSPS) is 9.69. The molecular weight excluding hydrogens is 221 g/mol. The molecule has 0 aliphatic carbocycles. The van der Waals surface area contributed by atoms with Crippen LogP contribution in [0.15, 0.2) is 18.2 Å². The molecule has 0 amide bonds. The van der Waals surface area contributed by atoms with Crippen molar-refractivity contribution in [3.63, 3.8) is 0 Å². The lowest BCUT2D eigenvalue weighted by atomic mass is 10.1. The van der Waals surface area contributed by atoms with E-state index in [1.807, 2.05) is 6.07 Å². The Labute approximate surface area is 101 Å². The number of rotatable bonds is 4. The molecule has 0 radical (unpaired) electrons. The minimum Gasteiger partial charge on any atom is -0.320 e. The summed E-state index contributed by atoms with van der Waals surface area (Å²) in [6.45, 7) is 2.42. The lowest BCUT2D eigenvalue weighted by molar-refractivity contribution is 0.617. The Balaban J connectivity index is 2.67. The van der Waals surface area contributed by atoms with Gasteiger partial charge in [0.25, 0.3) is 0 Å². The van der Waals surface area contributed by atoms with Crippen molar-refractivity contribution in [1.82, 2.24) is 0 Å². The molecule has 0 heterocycles. The van der Waals surface area contributed by atoms with Crippen LogP contribution in [-0.4, -0.2) is 12.3 Å². The average molecular weight is 237 g/mol. The molecule has 0 unspecified atom stereocenters. The molecule has 0 atom stereocenters. The van der Waals surface area contributed by atoms with E-state index in [0.29, 0.717) is 12.1 Å². The Kier molecular flexibility index (Phi) is 5.99. The summed E-state index contributed by atoms with van der Waals surface area (Å²) in [5.74, 6) is 7.14. The number of hydrogen-bond acceptors (Lipinski definition) is 2. The highest BCUT2D eigenvalue weighted by Crippen LogP contribution is 2.17.